The first-order chi connectivity index (χ1) is 7.27. The quantitative estimate of drug-likeness (QED) is 0.664. The predicted octanol–water partition coefficient (Wildman–Crippen LogP) is 4.30. The second kappa shape index (κ2) is 4.48. The fourth-order valence-electron chi connectivity index (χ4n) is 1.98. The van der Waals surface area contributed by atoms with Gasteiger partial charge in [0.1, 0.15) is 0 Å². The van der Waals surface area contributed by atoms with Gasteiger partial charge in [-0.25, -0.2) is 0 Å². The average Bonchev–Trinajstić information content (AvgIpc) is 2.30. The van der Waals surface area contributed by atoms with E-state index in [1.807, 2.05) is 0 Å². The molecular formula is C15H18. The minimum atomic E-state index is 0.720. The third-order valence-corrected chi connectivity index (χ3v) is 3.10. The maximum atomic E-state index is 2.36. The molecule has 0 fully saturated rings. The SMILES string of the molecule is CC(C)C1C=CC(c2ccccc2)=CC1. The van der Waals surface area contributed by atoms with Crippen LogP contribution in [0, 0.1) is 11.8 Å². The van der Waals surface area contributed by atoms with Gasteiger partial charge in [-0.05, 0) is 29.4 Å². The molecule has 0 spiro atoms. The zero-order chi connectivity index (χ0) is 10.7. The van der Waals surface area contributed by atoms with Crippen LogP contribution in [0.25, 0.3) is 5.57 Å². The number of benzene rings is 1. The van der Waals surface area contributed by atoms with Gasteiger partial charge >= 0.3 is 0 Å². The maximum absolute atomic E-state index is 2.36. The molecule has 0 bridgehead atoms. The number of rotatable bonds is 2. The van der Waals surface area contributed by atoms with Crippen molar-refractivity contribution < 1.29 is 0 Å². The molecule has 0 saturated carbocycles. The molecule has 0 aromatic heterocycles. The fourth-order valence-corrected chi connectivity index (χ4v) is 1.98. The summed E-state index contributed by atoms with van der Waals surface area (Å²) in [6.45, 7) is 4.58. The molecule has 1 aliphatic carbocycles. The monoisotopic (exact) mass is 198 g/mol. The molecule has 0 N–H and O–H groups in total. The molecule has 0 aliphatic heterocycles. The molecule has 1 aliphatic rings. The second-order valence-electron chi connectivity index (χ2n) is 4.53. The van der Waals surface area contributed by atoms with E-state index >= 15 is 0 Å². The summed E-state index contributed by atoms with van der Waals surface area (Å²) in [7, 11) is 0. The van der Waals surface area contributed by atoms with Crippen molar-refractivity contribution in [1.29, 1.82) is 0 Å². The zero-order valence-electron chi connectivity index (χ0n) is 9.48. The highest BCUT2D eigenvalue weighted by Gasteiger charge is 2.12. The van der Waals surface area contributed by atoms with E-state index in [0.717, 1.165) is 11.8 Å². The standard InChI is InChI=1S/C15H18/c1-12(2)13-8-10-15(11-9-13)14-6-4-3-5-7-14/h3-8,10-13H,9H2,1-2H3. The molecule has 0 radical (unpaired) electrons. The summed E-state index contributed by atoms with van der Waals surface area (Å²) in [4.78, 5) is 0. The van der Waals surface area contributed by atoms with Gasteiger partial charge < -0.3 is 0 Å². The van der Waals surface area contributed by atoms with Crippen LogP contribution >= 0.6 is 0 Å². The van der Waals surface area contributed by atoms with E-state index in [2.05, 4.69) is 62.4 Å². The van der Waals surface area contributed by atoms with E-state index in [1.165, 1.54) is 17.6 Å². The molecule has 0 heteroatoms. The Balaban J connectivity index is 2.13. The maximum Gasteiger partial charge on any atom is -0.0172 e. The third-order valence-electron chi connectivity index (χ3n) is 3.10. The molecule has 1 aromatic carbocycles. The molecular weight excluding hydrogens is 180 g/mol. The van der Waals surface area contributed by atoms with Gasteiger partial charge in [-0.15, -0.1) is 0 Å². The van der Waals surface area contributed by atoms with Crippen LogP contribution in [0.1, 0.15) is 25.8 Å². The van der Waals surface area contributed by atoms with Crippen molar-refractivity contribution in [2.24, 2.45) is 11.8 Å². The minimum absolute atomic E-state index is 0.720. The van der Waals surface area contributed by atoms with Crippen LogP contribution in [0.2, 0.25) is 0 Å². The molecule has 1 atom stereocenters. The summed E-state index contributed by atoms with van der Waals surface area (Å²) >= 11 is 0. The lowest BCUT2D eigenvalue weighted by atomic mass is 9.86. The minimum Gasteiger partial charge on any atom is -0.0802 e. The molecule has 0 saturated heterocycles. The van der Waals surface area contributed by atoms with Crippen LogP contribution in [-0.4, -0.2) is 0 Å². The summed E-state index contributed by atoms with van der Waals surface area (Å²) < 4.78 is 0. The molecule has 78 valence electrons. The summed E-state index contributed by atoms with van der Waals surface area (Å²) in [5.41, 5.74) is 2.70. The van der Waals surface area contributed by atoms with Crippen LogP contribution in [0.5, 0.6) is 0 Å². The van der Waals surface area contributed by atoms with Crippen LogP contribution in [0.3, 0.4) is 0 Å². The Morgan fingerprint density at radius 3 is 2.40 bits per heavy atom. The van der Waals surface area contributed by atoms with Gasteiger partial charge in [0, 0.05) is 0 Å². The van der Waals surface area contributed by atoms with E-state index in [-0.39, 0.29) is 0 Å². The molecule has 0 heterocycles. The van der Waals surface area contributed by atoms with Gasteiger partial charge in [-0.2, -0.15) is 0 Å². The molecule has 1 aromatic rings. The lowest BCUT2D eigenvalue weighted by molar-refractivity contribution is 0.468. The fraction of sp³-hybridized carbons (Fsp3) is 0.333. The number of allylic oxidation sites excluding steroid dienone is 4. The summed E-state index contributed by atoms with van der Waals surface area (Å²) in [5.74, 6) is 1.47. The Hall–Kier alpha value is -1.30. The lowest BCUT2D eigenvalue weighted by Gasteiger charge is -2.19. The number of hydrogen-bond acceptors (Lipinski definition) is 0. The third kappa shape index (κ3) is 2.38. The Morgan fingerprint density at radius 2 is 1.87 bits per heavy atom. The lowest BCUT2D eigenvalue weighted by Crippen LogP contribution is -2.06. The first kappa shape index (κ1) is 10.2. The Bertz CT molecular complexity index is 368. The largest absolute Gasteiger partial charge is 0.0802 e. The Kier molecular flexibility index (Phi) is 3.05. The van der Waals surface area contributed by atoms with Crippen molar-refractivity contribution in [2.45, 2.75) is 20.3 Å². The second-order valence-corrected chi connectivity index (χ2v) is 4.53. The van der Waals surface area contributed by atoms with Crippen LogP contribution in [0.15, 0.2) is 48.6 Å². The average molecular weight is 198 g/mol. The van der Waals surface area contributed by atoms with Gasteiger partial charge in [0.15, 0.2) is 0 Å². The molecule has 2 rings (SSSR count). The molecule has 15 heavy (non-hydrogen) atoms. The highest BCUT2D eigenvalue weighted by atomic mass is 14.2. The molecule has 0 amide bonds. The first-order valence-corrected chi connectivity index (χ1v) is 5.71. The van der Waals surface area contributed by atoms with Gasteiger partial charge in [-0.1, -0.05) is 62.4 Å². The van der Waals surface area contributed by atoms with E-state index < -0.39 is 0 Å². The Morgan fingerprint density at radius 1 is 1.13 bits per heavy atom. The topological polar surface area (TPSA) is 0 Å². The summed E-state index contributed by atoms with van der Waals surface area (Å²) in [5, 5.41) is 0. The van der Waals surface area contributed by atoms with Gasteiger partial charge in [-0.3, -0.25) is 0 Å². The molecule has 0 nitrogen and oxygen atoms in total. The first-order valence-electron chi connectivity index (χ1n) is 5.71. The molecule has 1 unspecified atom stereocenters. The van der Waals surface area contributed by atoms with E-state index in [1.54, 1.807) is 0 Å². The smallest absolute Gasteiger partial charge is 0.0172 e. The van der Waals surface area contributed by atoms with E-state index in [9.17, 15) is 0 Å². The highest BCUT2D eigenvalue weighted by molar-refractivity contribution is 5.74. The van der Waals surface area contributed by atoms with Gasteiger partial charge in [0.25, 0.3) is 0 Å². The van der Waals surface area contributed by atoms with E-state index in [4.69, 9.17) is 0 Å². The van der Waals surface area contributed by atoms with Crippen LogP contribution in [-0.2, 0) is 0 Å². The van der Waals surface area contributed by atoms with E-state index in [0.29, 0.717) is 0 Å². The van der Waals surface area contributed by atoms with Gasteiger partial charge in [0.05, 0.1) is 0 Å². The normalized spacial score (nSPS) is 20.5. The van der Waals surface area contributed by atoms with Crippen molar-refractivity contribution in [3.8, 4) is 0 Å². The van der Waals surface area contributed by atoms with Gasteiger partial charge in [0.2, 0.25) is 0 Å². The van der Waals surface area contributed by atoms with Crippen molar-refractivity contribution >= 4 is 5.57 Å². The van der Waals surface area contributed by atoms with Crippen molar-refractivity contribution in [2.75, 3.05) is 0 Å². The number of hydrogen-bond donors (Lipinski definition) is 0. The van der Waals surface area contributed by atoms with Crippen LogP contribution < -0.4 is 0 Å². The highest BCUT2D eigenvalue weighted by Crippen LogP contribution is 2.27. The predicted molar refractivity (Wildman–Crippen MR) is 66.5 cm³/mol. The van der Waals surface area contributed by atoms with Crippen molar-refractivity contribution in [1.82, 2.24) is 0 Å². The van der Waals surface area contributed by atoms with Crippen molar-refractivity contribution in [3.05, 3.63) is 54.1 Å². The van der Waals surface area contributed by atoms with Crippen LogP contribution in [0.4, 0.5) is 0 Å². The summed E-state index contributed by atoms with van der Waals surface area (Å²) in [6.07, 6.45) is 8.16. The summed E-state index contributed by atoms with van der Waals surface area (Å²) in [6, 6.07) is 10.6. The van der Waals surface area contributed by atoms with Crippen molar-refractivity contribution in [3.63, 3.8) is 0 Å². The Labute approximate surface area is 92.3 Å². The zero-order valence-corrected chi connectivity index (χ0v) is 9.48.